The summed E-state index contributed by atoms with van der Waals surface area (Å²) < 4.78 is 0. The number of hydrogen-bond donors (Lipinski definition) is 1. The Morgan fingerprint density at radius 3 is 2.50 bits per heavy atom. The molecule has 0 amide bonds. The number of rotatable bonds is 4. The lowest BCUT2D eigenvalue weighted by Crippen LogP contribution is -2.53. The highest BCUT2D eigenvalue weighted by atomic mass is 15.2. The second kappa shape index (κ2) is 5.87. The van der Waals surface area contributed by atoms with Crippen LogP contribution in [0.4, 0.5) is 0 Å². The average molecular weight is 272 g/mol. The van der Waals surface area contributed by atoms with Crippen molar-refractivity contribution in [2.45, 2.75) is 56.4 Å². The van der Waals surface area contributed by atoms with Gasteiger partial charge in [0, 0.05) is 24.5 Å². The maximum absolute atomic E-state index is 6.20. The van der Waals surface area contributed by atoms with Crippen LogP contribution in [0.25, 0.3) is 0 Å². The zero-order valence-electron chi connectivity index (χ0n) is 12.8. The number of hydrogen-bond acceptors (Lipinski definition) is 2. The lowest BCUT2D eigenvalue weighted by Gasteiger charge is -2.44. The highest BCUT2D eigenvalue weighted by Gasteiger charge is 2.36. The number of benzene rings is 1. The molecule has 1 atom stereocenters. The van der Waals surface area contributed by atoms with Crippen molar-refractivity contribution in [3.63, 3.8) is 0 Å². The molecule has 0 spiro atoms. The van der Waals surface area contributed by atoms with Crippen LogP contribution in [0.5, 0.6) is 0 Å². The molecule has 1 saturated carbocycles. The Balaban J connectivity index is 1.68. The van der Waals surface area contributed by atoms with Crippen LogP contribution in [-0.4, -0.2) is 30.6 Å². The van der Waals surface area contributed by atoms with Gasteiger partial charge in [-0.1, -0.05) is 49.9 Å². The van der Waals surface area contributed by atoms with Crippen molar-refractivity contribution in [2.75, 3.05) is 20.1 Å². The monoisotopic (exact) mass is 272 g/mol. The fourth-order valence-electron chi connectivity index (χ4n) is 4.18. The number of fused-ring (bicyclic) bond motifs is 1. The third kappa shape index (κ3) is 2.51. The van der Waals surface area contributed by atoms with Gasteiger partial charge in [0.1, 0.15) is 0 Å². The van der Waals surface area contributed by atoms with Crippen LogP contribution in [0.2, 0.25) is 0 Å². The quantitative estimate of drug-likeness (QED) is 0.852. The molecule has 110 valence electrons. The minimum Gasteiger partial charge on any atom is -0.329 e. The summed E-state index contributed by atoms with van der Waals surface area (Å²) in [5.74, 6) is 0.725. The molecular formula is C18H28N2. The van der Waals surface area contributed by atoms with Crippen LogP contribution < -0.4 is 5.73 Å². The number of likely N-dealkylation sites (N-methyl/N-ethyl adjacent to an activating group) is 1. The Morgan fingerprint density at radius 2 is 1.85 bits per heavy atom. The molecule has 2 aliphatic rings. The van der Waals surface area contributed by atoms with Crippen LogP contribution >= 0.6 is 0 Å². The first kappa shape index (κ1) is 14.1. The summed E-state index contributed by atoms with van der Waals surface area (Å²) in [6.45, 7) is 1.99. The van der Waals surface area contributed by atoms with E-state index in [0.29, 0.717) is 0 Å². The fourth-order valence-corrected chi connectivity index (χ4v) is 4.18. The van der Waals surface area contributed by atoms with Gasteiger partial charge in [-0.15, -0.1) is 0 Å². The molecule has 2 N–H and O–H groups in total. The van der Waals surface area contributed by atoms with E-state index >= 15 is 0 Å². The molecule has 1 unspecified atom stereocenters. The van der Waals surface area contributed by atoms with Crippen molar-refractivity contribution in [3.05, 3.63) is 35.4 Å². The Morgan fingerprint density at radius 1 is 1.15 bits per heavy atom. The Bertz CT molecular complexity index is 446. The van der Waals surface area contributed by atoms with E-state index in [9.17, 15) is 0 Å². The molecule has 0 radical (unpaired) electrons. The van der Waals surface area contributed by atoms with E-state index in [1.165, 1.54) is 51.5 Å². The van der Waals surface area contributed by atoms with Gasteiger partial charge in [0.15, 0.2) is 0 Å². The van der Waals surface area contributed by atoms with Gasteiger partial charge in [0.05, 0.1) is 0 Å². The molecule has 20 heavy (non-hydrogen) atoms. The normalized spacial score (nSPS) is 24.9. The van der Waals surface area contributed by atoms with Gasteiger partial charge >= 0.3 is 0 Å². The highest BCUT2D eigenvalue weighted by molar-refractivity contribution is 5.40. The van der Waals surface area contributed by atoms with Gasteiger partial charge < -0.3 is 5.73 Å². The predicted molar refractivity (Wildman–Crippen MR) is 85.0 cm³/mol. The van der Waals surface area contributed by atoms with Gasteiger partial charge in [0.25, 0.3) is 0 Å². The topological polar surface area (TPSA) is 29.3 Å². The van der Waals surface area contributed by atoms with Crippen LogP contribution in [0, 0.1) is 0 Å². The highest BCUT2D eigenvalue weighted by Crippen LogP contribution is 2.38. The van der Waals surface area contributed by atoms with E-state index in [1.807, 2.05) is 0 Å². The lowest BCUT2D eigenvalue weighted by molar-refractivity contribution is 0.0970. The molecule has 2 nitrogen and oxygen atoms in total. The maximum atomic E-state index is 6.20. The first-order chi connectivity index (χ1) is 9.75. The molecule has 1 fully saturated rings. The Hall–Kier alpha value is -0.860. The maximum Gasteiger partial charge on any atom is 0.0328 e. The lowest BCUT2D eigenvalue weighted by atomic mass is 9.76. The second-order valence-electron chi connectivity index (χ2n) is 6.82. The molecule has 3 rings (SSSR count). The third-order valence-electron chi connectivity index (χ3n) is 5.68. The SMILES string of the molecule is CN(CC1Cc2ccccc21)C1(CN)CCCCCC1. The first-order valence-corrected chi connectivity index (χ1v) is 8.24. The zero-order valence-corrected chi connectivity index (χ0v) is 12.8. The molecular weight excluding hydrogens is 244 g/mol. The minimum atomic E-state index is 0.265. The van der Waals surface area contributed by atoms with Crippen LogP contribution in [0.3, 0.4) is 0 Å². The third-order valence-corrected chi connectivity index (χ3v) is 5.68. The van der Waals surface area contributed by atoms with Gasteiger partial charge in [-0.25, -0.2) is 0 Å². The molecule has 0 saturated heterocycles. The van der Waals surface area contributed by atoms with Crippen LogP contribution in [0.1, 0.15) is 55.6 Å². The predicted octanol–water partition coefficient (Wildman–Crippen LogP) is 3.31. The van der Waals surface area contributed by atoms with Gasteiger partial charge in [0.2, 0.25) is 0 Å². The molecule has 0 aromatic heterocycles. The van der Waals surface area contributed by atoms with Crippen molar-refractivity contribution in [3.8, 4) is 0 Å². The van der Waals surface area contributed by atoms with Crippen LogP contribution in [-0.2, 0) is 6.42 Å². The molecule has 2 heteroatoms. The van der Waals surface area contributed by atoms with Crippen molar-refractivity contribution >= 4 is 0 Å². The smallest absolute Gasteiger partial charge is 0.0328 e. The van der Waals surface area contributed by atoms with Crippen molar-refractivity contribution < 1.29 is 0 Å². The summed E-state index contributed by atoms with van der Waals surface area (Å²) in [5, 5.41) is 0. The summed E-state index contributed by atoms with van der Waals surface area (Å²) in [5.41, 5.74) is 9.58. The summed E-state index contributed by atoms with van der Waals surface area (Å²) >= 11 is 0. The summed E-state index contributed by atoms with van der Waals surface area (Å²) in [6, 6.07) is 8.91. The molecule has 0 heterocycles. The molecule has 2 aliphatic carbocycles. The van der Waals surface area contributed by atoms with E-state index < -0.39 is 0 Å². The van der Waals surface area contributed by atoms with E-state index in [0.717, 1.165) is 12.5 Å². The van der Waals surface area contributed by atoms with Gasteiger partial charge in [-0.2, -0.15) is 0 Å². The van der Waals surface area contributed by atoms with Gasteiger partial charge in [-0.3, -0.25) is 4.90 Å². The summed E-state index contributed by atoms with van der Waals surface area (Å²) in [6.07, 6.45) is 9.30. The van der Waals surface area contributed by atoms with E-state index in [-0.39, 0.29) is 5.54 Å². The number of nitrogens with zero attached hydrogens (tertiary/aromatic N) is 1. The molecule has 1 aromatic carbocycles. The molecule has 0 aliphatic heterocycles. The zero-order chi connectivity index (χ0) is 14.0. The van der Waals surface area contributed by atoms with E-state index in [4.69, 9.17) is 5.73 Å². The Labute approximate surface area is 123 Å². The minimum absolute atomic E-state index is 0.265. The van der Waals surface area contributed by atoms with Crippen molar-refractivity contribution in [1.29, 1.82) is 0 Å². The summed E-state index contributed by atoms with van der Waals surface area (Å²) in [4.78, 5) is 2.60. The summed E-state index contributed by atoms with van der Waals surface area (Å²) in [7, 11) is 2.30. The second-order valence-corrected chi connectivity index (χ2v) is 6.82. The Kier molecular flexibility index (Phi) is 4.13. The standard InChI is InChI=1S/C18H28N2/c1-20(18(14-19)10-6-2-3-7-11-18)13-16-12-15-8-4-5-9-17(15)16/h4-5,8-9,16H,2-3,6-7,10-14,19H2,1H3. The van der Waals surface area contributed by atoms with Gasteiger partial charge in [-0.05, 0) is 37.4 Å². The van der Waals surface area contributed by atoms with E-state index in [1.54, 1.807) is 11.1 Å². The molecule has 1 aromatic rings. The van der Waals surface area contributed by atoms with E-state index in [2.05, 4.69) is 36.2 Å². The average Bonchev–Trinajstić information content (AvgIpc) is 2.71. The molecule has 0 bridgehead atoms. The fraction of sp³-hybridized carbons (Fsp3) is 0.667. The number of nitrogens with two attached hydrogens (primary N) is 1. The van der Waals surface area contributed by atoms with Crippen LogP contribution in [0.15, 0.2) is 24.3 Å². The first-order valence-electron chi connectivity index (χ1n) is 8.24. The van der Waals surface area contributed by atoms with Crippen molar-refractivity contribution in [1.82, 2.24) is 4.90 Å². The van der Waals surface area contributed by atoms with Crippen molar-refractivity contribution in [2.24, 2.45) is 5.73 Å². The largest absolute Gasteiger partial charge is 0.329 e.